The first-order chi connectivity index (χ1) is 10.5. The van der Waals surface area contributed by atoms with Gasteiger partial charge < -0.3 is 14.6 Å². The summed E-state index contributed by atoms with van der Waals surface area (Å²) in [5.41, 5.74) is 3.13. The van der Waals surface area contributed by atoms with Crippen LogP contribution in [-0.2, 0) is 11.2 Å². The molecule has 4 heteroatoms. The van der Waals surface area contributed by atoms with Gasteiger partial charge in [-0.15, -0.1) is 0 Å². The van der Waals surface area contributed by atoms with Crippen molar-refractivity contribution in [2.24, 2.45) is 0 Å². The lowest BCUT2D eigenvalue weighted by Crippen LogP contribution is -2.30. The molecule has 0 amide bonds. The van der Waals surface area contributed by atoms with Crippen LogP contribution in [-0.4, -0.2) is 24.3 Å². The van der Waals surface area contributed by atoms with E-state index in [0.29, 0.717) is 17.9 Å². The topological polar surface area (TPSA) is 55.8 Å². The molecule has 22 heavy (non-hydrogen) atoms. The van der Waals surface area contributed by atoms with Gasteiger partial charge in [0.15, 0.2) is 17.6 Å². The number of benzene rings is 2. The molecule has 0 heterocycles. The summed E-state index contributed by atoms with van der Waals surface area (Å²) in [6.45, 7) is 3.95. The van der Waals surface area contributed by atoms with E-state index in [4.69, 9.17) is 9.47 Å². The third-order valence-electron chi connectivity index (χ3n) is 3.65. The Morgan fingerprint density at radius 1 is 1.05 bits per heavy atom. The summed E-state index contributed by atoms with van der Waals surface area (Å²) in [5, 5.41) is 9.48. The first-order valence-electron chi connectivity index (χ1n) is 7.10. The highest BCUT2D eigenvalue weighted by Crippen LogP contribution is 2.28. The van der Waals surface area contributed by atoms with Crippen LogP contribution in [0.2, 0.25) is 0 Å². The zero-order chi connectivity index (χ0) is 16.1. The maximum atomic E-state index is 11.6. The molecule has 0 radical (unpaired) electrons. The number of ether oxygens (including phenoxy) is 2. The molecule has 0 saturated heterocycles. The molecule has 0 spiro atoms. The van der Waals surface area contributed by atoms with Crippen LogP contribution in [0.25, 0.3) is 0 Å². The van der Waals surface area contributed by atoms with Gasteiger partial charge in [0, 0.05) is 6.42 Å². The van der Waals surface area contributed by atoms with Gasteiger partial charge in [-0.2, -0.15) is 0 Å². The molecule has 2 aromatic rings. The van der Waals surface area contributed by atoms with Crippen molar-refractivity contribution in [2.75, 3.05) is 7.11 Å². The van der Waals surface area contributed by atoms with Crippen LogP contribution >= 0.6 is 0 Å². The van der Waals surface area contributed by atoms with Crippen LogP contribution in [0.1, 0.15) is 16.7 Å². The molecule has 0 aliphatic carbocycles. The van der Waals surface area contributed by atoms with Crippen LogP contribution in [0.5, 0.6) is 11.5 Å². The van der Waals surface area contributed by atoms with Crippen LogP contribution < -0.4 is 9.47 Å². The summed E-state index contributed by atoms with van der Waals surface area (Å²) in [7, 11) is 1.53. The van der Waals surface area contributed by atoms with Crippen molar-refractivity contribution < 1.29 is 19.4 Å². The molecule has 0 bridgehead atoms. The third-order valence-corrected chi connectivity index (χ3v) is 3.65. The van der Waals surface area contributed by atoms with E-state index in [1.165, 1.54) is 7.11 Å². The number of carbonyl (C=O) groups is 1. The van der Waals surface area contributed by atoms with Gasteiger partial charge >= 0.3 is 5.97 Å². The van der Waals surface area contributed by atoms with Crippen molar-refractivity contribution in [1.82, 2.24) is 0 Å². The number of methoxy groups -OCH3 is 1. The second-order valence-electron chi connectivity index (χ2n) is 5.17. The molecule has 116 valence electrons. The minimum absolute atomic E-state index is 0.311. The lowest BCUT2D eigenvalue weighted by molar-refractivity contribution is -0.145. The number of aliphatic carboxylic acids is 1. The number of aryl methyl sites for hydroxylation is 2. The average molecular weight is 300 g/mol. The predicted octanol–water partition coefficient (Wildman–Crippen LogP) is 3.39. The lowest BCUT2D eigenvalue weighted by atomic mass is 9.97. The predicted molar refractivity (Wildman–Crippen MR) is 84.7 cm³/mol. The standard InChI is InChI=1S/C18H20O4/c1-12-7-6-8-13(2)14(12)11-17(18(19)20)22-16-10-5-4-9-15(16)21-3/h4-10,17H,11H2,1-3H3,(H,19,20)/t17-/m1/s1. The Hall–Kier alpha value is -2.49. The van der Waals surface area contributed by atoms with Gasteiger partial charge in [0.25, 0.3) is 0 Å². The Kier molecular flexibility index (Phi) is 5.04. The Morgan fingerprint density at radius 3 is 2.18 bits per heavy atom. The second kappa shape index (κ2) is 6.98. The van der Waals surface area contributed by atoms with Gasteiger partial charge in [-0.3, -0.25) is 0 Å². The van der Waals surface area contributed by atoms with Crippen molar-refractivity contribution in [3.63, 3.8) is 0 Å². The minimum atomic E-state index is -0.992. The average Bonchev–Trinajstić information content (AvgIpc) is 2.50. The first kappa shape index (κ1) is 15.9. The lowest BCUT2D eigenvalue weighted by Gasteiger charge is -2.19. The van der Waals surface area contributed by atoms with Crippen LogP contribution in [0.4, 0.5) is 0 Å². The fourth-order valence-corrected chi connectivity index (χ4v) is 2.41. The highest BCUT2D eigenvalue weighted by Gasteiger charge is 2.23. The van der Waals surface area contributed by atoms with E-state index >= 15 is 0 Å². The smallest absolute Gasteiger partial charge is 0.345 e. The van der Waals surface area contributed by atoms with Gasteiger partial charge in [0.2, 0.25) is 0 Å². The van der Waals surface area contributed by atoms with Gasteiger partial charge in [-0.05, 0) is 42.7 Å². The summed E-state index contributed by atoms with van der Waals surface area (Å²) in [5.74, 6) is -0.0348. The van der Waals surface area contributed by atoms with E-state index in [9.17, 15) is 9.90 Å². The normalized spacial score (nSPS) is 11.8. The Labute approximate surface area is 130 Å². The molecular formula is C18H20O4. The van der Waals surface area contributed by atoms with Crippen molar-refractivity contribution >= 4 is 5.97 Å². The first-order valence-corrected chi connectivity index (χ1v) is 7.10. The van der Waals surface area contributed by atoms with Gasteiger partial charge in [0.1, 0.15) is 0 Å². The summed E-state index contributed by atoms with van der Waals surface area (Å²) in [6.07, 6.45) is -0.651. The summed E-state index contributed by atoms with van der Waals surface area (Å²) in [4.78, 5) is 11.6. The number of rotatable bonds is 6. The molecule has 0 aliphatic heterocycles. The number of carboxylic acids is 1. The van der Waals surface area contributed by atoms with Crippen molar-refractivity contribution in [1.29, 1.82) is 0 Å². The Bertz CT molecular complexity index is 644. The monoisotopic (exact) mass is 300 g/mol. The molecular weight excluding hydrogens is 280 g/mol. The SMILES string of the molecule is COc1ccccc1O[C@H](Cc1c(C)cccc1C)C(=O)O. The minimum Gasteiger partial charge on any atom is -0.493 e. The van der Waals surface area contributed by atoms with Gasteiger partial charge in [0.05, 0.1) is 7.11 Å². The van der Waals surface area contributed by atoms with E-state index < -0.39 is 12.1 Å². The molecule has 0 aliphatic rings. The molecule has 1 atom stereocenters. The van der Waals surface area contributed by atoms with Crippen LogP contribution in [0.3, 0.4) is 0 Å². The van der Waals surface area contributed by atoms with Gasteiger partial charge in [-0.1, -0.05) is 30.3 Å². The molecule has 0 unspecified atom stereocenters. The van der Waals surface area contributed by atoms with E-state index in [1.807, 2.05) is 38.1 Å². The highest BCUT2D eigenvalue weighted by molar-refractivity contribution is 5.73. The number of hydrogen-bond acceptors (Lipinski definition) is 3. The molecule has 2 aromatic carbocycles. The zero-order valence-corrected chi connectivity index (χ0v) is 13.0. The Balaban J connectivity index is 2.26. The van der Waals surface area contributed by atoms with E-state index in [-0.39, 0.29) is 0 Å². The maximum absolute atomic E-state index is 11.6. The molecule has 0 fully saturated rings. The zero-order valence-electron chi connectivity index (χ0n) is 13.0. The molecule has 1 N–H and O–H groups in total. The summed E-state index contributed by atoms with van der Waals surface area (Å²) in [6, 6.07) is 13.0. The van der Waals surface area contributed by atoms with Gasteiger partial charge in [-0.25, -0.2) is 4.79 Å². The van der Waals surface area contributed by atoms with Crippen LogP contribution in [0, 0.1) is 13.8 Å². The number of hydrogen-bond donors (Lipinski definition) is 1. The van der Waals surface area contributed by atoms with E-state index in [0.717, 1.165) is 16.7 Å². The third kappa shape index (κ3) is 3.58. The number of para-hydroxylation sites is 2. The Morgan fingerprint density at radius 2 is 1.64 bits per heavy atom. The van der Waals surface area contributed by atoms with E-state index in [1.54, 1.807) is 18.2 Å². The largest absolute Gasteiger partial charge is 0.493 e. The van der Waals surface area contributed by atoms with Crippen LogP contribution in [0.15, 0.2) is 42.5 Å². The summed E-state index contributed by atoms with van der Waals surface area (Å²) < 4.78 is 10.9. The maximum Gasteiger partial charge on any atom is 0.345 e. The van der Waals surface area contributed by atoms with Crippen molar-refractivity contribution in [3.05, 3.63) is 59.2 Å². The second-order valence-corrected chi connectivity index (χ2v) is 5.17. The fraction of sp³-hybridized carbons (Fsp3) is 0.278. The highest BCUT2D eigenvalue weighted by atomic mass is 16.5. The van der Waals surface area contributed by atoms with Crippen molar-refractivity contribution in [3.8, 4) is 11.5 Å². The van der Waals surface area contributed by atoms with E-state index in [2.05, 4.69) is 0 Å². The molecule has 2 rings (SSSR count). The number of carboxylic acid groups (broad SMARTS) is 1. The summed E-state index contributed by atoms with van der Waals surface area (Å²) >= 11 is 0. The fourth-order valence-electron chi connectivity index (χ4n) is 2.41. The molecule has 0 aromatic heterocycles. The van der Waals surface area contributed by atoms with Crippen molar-refractivity contribution in [2.45, 2.75) is 26.4 Å². The molecule has 4 nitrogen and oxygen atoms in total. The quantitative estimate of drug-likeness (QED) is 0.888. The molecule has 0 saturated carbocycles.